The molecule has 3 rings (SSSR count). The molecule has 1 aromatic heterocycles. The van der Waals surface area contributed by atoms with E-state index in [1.165, 1.54) is 5.56 Å². The highest BCUT2D eigenvalue weighted by atomic mass is 32.1. The third-order valence-corrected chi connectivity index (χ3v) is 5.74. The third kappa shape index (κ3) is 3.70. The maximum absolute atomic E-state index is 12.5. The second-order valence-corrected chi connectivity index (χ2v) is 7.09. The van der Waals surface area contributed by atoms with Crippen molar-refractivity contribution < 1.29 is 9.53 Å². The number of aryl methyl sites for hydroxylation is 1. The first-order valence-electron chi connectivity index (χ1n) is 8.38. The quantitative estimate of drug-likeness (QED) is 0.833. The Morgan fingerprint density at radius 2 is 2.18 bits per heavy atom. The van der Waals surface area contributed by atoms with Gasteiger partial charge in [0.2, 0.25) is 5.91 Å². The zero-order chi connectivity index (χ0) is 15.4. The molecule has 1 amide bonds. The van der Waals surface area contributed by atoms with E-state index in [2.05, 4.69) is 33.6 Å². The van der Waals surface area contributed by atoms with E-state index in [4.69, 9.17) is 4.74 Å². The second kappa shape index (κ2) is 7.57. The minimum atomic E-state index is 0.320. The molecular weight excluding hydrogens is 296 g/mol. The number of nitrogens with zero attached hydrogens (tertiary/aromatic N) is 2. The van der Waals surface area contributed by atoms with Crippen LogP contribution in [-0.2, 0) is 16.0 Å². The Bertz CT molecular complexity index is 471. The predicted octanol–water partition coefficient (Wildman–Crippen LogP) is 2.25. The Labute approximate surface area is 137 Å². The molecule has 0 aliphatic carbocycles. The van der Waals surface area contributed by atoms with Crippen molar-refractivity contribution in [3.8, 4) is 0 Å². The first-order chi connectivity index (χ1) is 10.8. The molecule has 0 spiro atoms. The van der Waals surface area contributed by atoms with Gasteiger partial charge in [0, 0.05) is 38.6 Å². The summed E-state index contributed by atoms with van der Waals surface area (Å²) in [5.74, 6) is 0.934. The van der Waals surface area contributed by atoms with Gasteiger partial charge in [0.05, 0.1) is 13.2 Å². The molecule has 0 radical (unpaired) electrons. The third-order valence-electron chi connectivity index (χ3n) is 5.01. The number of hydrogen-bond acceptors (Lipinski definition) is 4. The van der Waals surface area contributed by atoms with E-state index in [1.807, 2.05) is 0 Å². The van der Waals surface area contributed by atoms with Crippen LogP contribution in [0.1, 0.15) is 25.3 Å². The largest absolute Gasteiger partial charge is 0.379 e. The maximum atomic E-state index is 12.5. The van der Waals surface area contributed by atoms with Gasteiger partial charge in [-0.05, 0) is 34.7 Å². The van der Waals surface area contributed by atoms with E-state index in [-0.39, 0.29) is 0 Å². The van der Waals surface area contributed by atoms with E-state index in [0.717, 1.165) is 52.2 Å². The Balaban J connectivity index is 1.54. The number of hydrogen-bond donors (Lipinski definition) is 0. The molecule has 2 aliphatic rings. The summed E-state index contributed by atoms with van der Waals surface area (Å²) in [6.07, 6.45) is 2.66. The molecule has 5 heteroatoms. The Hall–Kier alpha value is -0.910. The van der Waals surface area contributed by atoms with Crippen molar-refractivity contribution in [1.29, 1.82) is 0 Å². The van der Waals surface area contributed by atoms with E-state index in [1.54, 1.807) is 11.3 Å². The van der Waals surface area contributed by atoms with Crippen LogP contribution < -0.4 is 0 Å². The average molecular weight is 322 g/mol. The van der Waals surface area contributed by atoms with E-state index in [9.17, 15) is 4.79 Å². The number of thiophene rings is 1. The van der Waals surface area contributed by atoms with E-state index in [0.29, 0.717) is 24.3 Å². The SMILES string of the molecule is CCC1CN(C(=O)CCc2ccsc2)CC1N1CCOCC1. The lowest BCUT2D eigenvalue weighted by Crippen LogP contribution is -2.47. The summed E-state index contributed by atoms with van der Waals surface area (Å²) in [4.78, 5) is 17.1. The molecule has 4 nitrogen and oxygen atoms in total. The van der Waals surface area contributed by atoms with Crippen LogP contribution >= 0.6 is 11.3 Å². The molecule has 2 saturated heterocycles. The zero-order valence-corrected chi connectivity index (χ0v) is 14.2. The summed E-state index contributed by atoms with van der Waals surface area (Å²) >= 11 is 1.70. The number of rotatable bonds is 5. The van der Waals surface area contributed by atoms with Gasteiger partial charge in [-0.3, -0.25) is 9.69 Å². The molecule has 3 heterocycles. The fraction of sp³-hybridized carbons (Fsp3) is 0.706. The first kappa shape index (κ1) is 16.0. The van der Waals surface area contributed by atoms with Crippen molar-refractivity contribution >= 4 is 17.2 Å². The number of ether oxygens (including phenoxy) is 1. The molecule has 2 aliphatic heterocycles. The highest BCUT2D eigenvalue weighted by molar-refractivity contribution is 7.07. The standard InChI is InChI=1S/C17H26N2O2S/c1-2-15-11-19(12-16(15)18-6-8-21-9-7-18)17(20)4-3-14-5-10-22-13-14/h5,10,13,15-16H,2-4,6-9,11-12H2,1H3. The van der Waals surface area contributed by atoms with Gasteiger partial charge in [0.15, 0.2) is 0 Å². The molecule has 2 fully saturated rings. The summed E-state index contributed by atoms with van der Waals surface area (Å²) in [5, 5.41) is 4.22. The second-order valence-electron chi connectivity index (χ2n) is 6.31. The highest BCUT2D eigenvalue weighted by Crippen LogP contribution is 2.26. The van der Waals surface area contributed by atoms with Crippen molar-refractivity contribution in [3.63, 3.8) is 0 Å². The Morgan fingerprint density at radius 1 is 1.36 bits per heavy atom. The van der Waals surface area contributed by atoms with Gasteiger partial charge in [0.1, 0.15) is 0 Å². The van der Waals surface area contributed by atoms with Crippen LogP contribution in [0.5, 0.6) is 0 Å². The Kier molecular flexibility index (Phi) is 5.50. The van der Waals surface area contributed by atoms with Crippen molar-refractivity contribution in [1.82, 2.24) is 9.80 Å². The number of carbonyl (C=O) groups excluding carboxylic acids is 1. The minimum Gasteiger partial charge on any atom is -0.379 e. The van der Waals surface area contributed by atoms with Crippen LogP contribution in [0.15, 0.2) is 16.8 Å². The lowest BCUT2D eigenvalue weighted by molar-refractivity contribution is -0.130. The molecule has 1 aromatic rings. The fourth-order valence-corrected chi connectivity index (χ4v) is 4.33. The summed E-state index contributed by atoms with van der Waals surface area (Å²) in [6, 6.07) is 2.65. The molecule has 0 N–H and O–H groups in total. The lowest BCUT2D eigenvalue weighted by Gasteiger charge is -2.34. The van der Waals surface area contributed by atoms with Gasteiger partial charge in [-0.15, -0.1) is 0 Å². The van der Waals surface area contributed by atoms with Gasteiger partial charge < -0.3 is 9.64 Å². The average Bonchev–Trinajstić information content (AvgIpc) is 3.22. The van der Waals surface area contributed by atoms with Crippen molar-refractivity contribution in [3.05, 3.63) is 22.4 Å². The number of amides is 1. The van der Waals surface area contributed by atoms with Crippen LogP contribution in [0, 0.1) is 5.92 Å². The monoisotopic (exact) mass is 322 g/mol. The smallest absolute Gasteiger partial charge is 0.222 e. The van der Waals surface area contributed by atoms with E-state index >= 15 is 0 Å². The maximum Gasteiger partial charge on any atom is 0.222 e. The fourth-order valence-electron chi connectivity index (χ4n) is 3.63. The molecular formula is C17H26N2O2S. The predicted molar refractivity (Wildman–Crippen MR) is 89.2 cm³/mol. The van der Waals surface area contributed by atoms with Gasteiger partial charge >= 0.3 is 0 Å². The lowest BCUT2D eigenvalue weighted by atomic mass is 9.99. The van der Waals surface area contributed by atoms with Crippen LogP contribution in [0.4, 0.5) is 0 Å². The van der Waals surface area contributed by atoms with Crippen LogP contribution in [0.3, 0.4) is 0 Å². The number of carbonyl (C=O) groups is 1. The van der Waals surface area contributed by atoms with Gasteiger partial charge in [-0.1, -0.05) is 13.3 Å². The minimum absolute atomic E-state index is 0.320. The molecule has 22 heavy (non-hydrogen) atoms. The molecule has 2 unspecified atom stereocenters. The van der Waals surface area contributed by atoms with E-state index < -0.39 is 0 Å². The zero-order valence-electron chi connectivity index (χ0n) is 13.4. The summed E-state index contributed by atoms with van der Waals surface area (Å²) in [7, 11) is 0. The topological polar surface area (TPSA) is 32.8 Å². The van der Waals surface area contributed by atoms with Crippen molar-refractivity contribution in [2.45, 2.75) is 32.2 Å². The number of likely N-dealkylation sites (tertiary alicyclic amines) is 1. The van der Waals surface area contributed by atoms with Gasteiger partial charge in [0.25, 0.3) is 0 Å². The summed E-state index contributed by atoms with van der Waals surface area (Å²) in [5.41, 5.74) is 1.29. The molecule has 0 saturated carbocycles. The van der Waals surface area contributed by atoms with Gasteiger partial charge in [-0.2, -0.15) is 11.3 Å². The first-order valence-corrected chi connectivity index (χ1v) is 9.33. The summed E-state index contributed by atoms with van der Waals surface area (Å²) < 4.78 is 5.46. The van der Waals surface area contributed by atoms with Gasteiger partial charge in [-0.25, -0.2) is 0 Å². The Morgan fingerprint density at radius 3 is 2.86 bits per heavy atom. The normalized spacial score (nSPS) is 26.5. The van der Waals surface area contributed by atoms with Crippen molar-refractivity contribution in [2.75, 3.05) is 39.4 Å². The summed E-state index contributed by atoms with van der Waals surface area (Å²) in [6.45, 7) is 7.77. The van der Waals surface area contributed by atoms with Crippen LogP contribution in [0.25, 0.3) is 0 Å². The molecule has 2 atom stereocenters. The van der Waals surface area contributed by atoms with Crippen LogP contribution in [-0.4, -0.2) is 61.1 Å². The van der Waals surface area contributed by atoms with Crippen molar-refractivity contribution in [2.24, 2.45) is 5.92 Å². The highest BCUT2D eigenvalue weighted by Gasteiger charge is 2.37. The molecule has 0 bridgehead atoms. The number of morpholine rings is 1. The van der Waals surface area contributed by atoms with Crippen LogP contribution in [0.2, 0.25) is 0 Å². The molecule has 0 aromatic carbocycles. The molecule has 122 valence electrons.